The smallest absolute Gasteiger partial charge is 0.321 e. The predicted molar refractivity (Wildman–Crippen MR) is 159 cm³/mol. The summed E-state index contributed by atoms with van der Waals surface area (Å²) in [7, 11) is 3.20. The molecule has 2 aliphatic heterocycles. The Labute approximate surface area is 245 Å². The Morgan fingerprint density at radius 3 is 2.60 bits per heavy atom. The second-order valence-electron chi connectivity index (χ2n) is 10.5. The number of benzene rings is 2. The number of aromatic nitrogens is 1. The van der Waals surface area contributed by atoms with Crippen molar-refractivity contribution in [1.29, 1.82) is 0 Å². The summed E-state index contributed by atoms with van der Waals surface area (Å²) in [6, 6.07) is 14.5. The molecule has 3 amide bonds. The number of aliphatic hydroxyl groups is 1. The third-order valence-electron chi connectivity index (χ3n) is 7.37. The third kappa shape index (κ3) is 6.81. The summed E-state index contributed by atoms with van der Waals surface area (Å²) in [5.41, 5.74) is 3.45. The Morgan fingerprint density at radius 1 is 1.10 bits per heavy atom. The maximum Gasteiger partial charge on any atom is 0.321 e. The first-order chi connectivity index (χ1) is 20.3. The number of hydrogen-bond acceptors (Lipinski definition) is 8. The number of hydrogen-bond donors (Lipinski definition) is 3. The van der Waals surface area contributed by atoms with Crippen LogP contribution in [0.4, 0.5) is 16.3 Å². The number of β-amino-alcohol motifs (C(OH)–C–C–N with tert-alkyl or cyclic N) is 1. The van der Waals surface area contributed by atoms with E-state index in [1.807, 2.05) is 36.4 Å². The van der Waals surface area contributed by atoms with E-state index in [0.29, 0.717) is 67.3 Å². The van der Waals surface area contributed by atoms with Crippen LogP contribution in [0.5, 0.6) is 17.2 Å². The summed E-state index contributed by atoms with van der Waals surface area (Å²) in [6.45, 7) is 5.55. The number of nitrogens with zero attached hydrogens (tertiary/aromatic N) is 3. The Morgan fingerprint density at radius 2 is 1.88 bits per heavy atom. The first-order valence-corrected chi connectivity index (χ1v) is 14.1. The molecule has 222 valence electrons. The SMILES string of the molecule is CNC(=O)N1CCc2cc(Oc3ccnc(NC(=O)c4ccc(C5CN(CC(C)O)C5)cc4)c3)c(OCCOC)cc21. The lowest BCUT2D eigenvalue weighted by Gasteiger charge is -2.40. The highest BCUT2D eigenvalue weighted by Gasteiger charge is 2.29. The molecule has 5 rings (SSSR count). The molecule has 2 aromatic carbocycles. The van der Waals surface area contributed by atoms with E-state index in [1.165, 1.54) is 5.56 Å². The normalized spacial score (nSPS) is 15.5. The molecular weight excluding hydrogens is 538 g/mol. The van der Waals surface area contributed by atoms with Gasteiger partial charge in [-0.05, 0) is 48.7 Å². The van der Waals surface area contributed by atoms with Gasteiger partial charge in [0.2, 0.25) is 0 Å². The van der Waals surface area contributed by atoms with Crippen LogP contribution in [0.25, 0.3) is 0 Å². The molecule has 11 nitrogen and oxygen atoms in total. The fraction of sp³-hybridized carbons (Fsp3) is 0.387. The fourth-order valence-corrected chi connectivity index (χ4v) is 5.24. The molecule has 42 heavy (non-hydrogen) atoms. The number of pyridine rings is 1. The van der Waals surface area contributed by atoms with Gasteiger partial charge in [-0.2, -0.15) is 0 Å². The fourth-order valence-electron chi connectivity index (χ4n) is 5.24. The molecule has 3 aromatic rings. The lowest BCUT2D eigenvalue weighted by Crippen LogP contribution is -2.47. The molecule has 1 aromatic heterocycles. The van der Waals surface area contributed by atoms with Gasteiger partial charge < -0.3 is 30.0 Å². The topological polar surface area (TPSA) is 125 Å². The zero-order chi connectivity index (χ0) is 29.6. The molecule has 1 unspecified atom stereocenters. The molecule has 3 N–H and O–H groups in total. The molecule has 1 fully saturated rings. The predicted octanol–water partition coefficient (Wildman–Crippen LogP) is 3.63. The van der Waals surface area contributed by atoms with Crippen molar-refractivity contribution in [3.63, 3.8) is 0 Å². The van der Waals surface area contributed by atoms with Crippen molar-refractivity contribution >= 4 is 23.4 Å². The van der Waals surface area contributed by atoms with E-state index in [9.17, 15) is 14.7 Å². The van der Waals surface area contributed by atoms with Crippen molar-refractivity contribution in [3.8, 4) is 17.2 Å². The van der Waals surface area contributed by atoms with Crippen molar-refractivity contribution in [2.45, 2.75) is 25.4 Å². The van der Waals surface area contributed by atoms with Gasteiger partial charge in [-0.1, -0.05) is 12.1 Å². The molecule has 0 radical (unpaired) electrons. The summed E-state index contributed by atoms with van der Waals surface area (Å²) in [5, 5.41) is 15.1. The number of fused-ring (bicyclic) bond motifs is 1. The Balaban J connectivity index is 1.26. The Bertz CT molecular complexity index is 1410. The van der Waals surface area contributed by atoms with Crippen LogP contribution in [0.3, 0.4) is 0 Å². The van der Waals surface area contributed by atoms with Gasteiger partial charge in [-0.25, -0.2) is 9.78 Å². The van der Waals surface area contributed by atoms with Crippen molar-refractivity contribution in [3.05, 3.63) is 71.4 Å². The first-order valence-electron chi connectivity index (χ1n) is 14.1. The molecular formula is C31H37N5O6. The number of urea groups is 1. The number of carbonyl (C=O) groups excluding carboxylic acids is 2. The third-order valence-corrected chi connectivity index (χ3v) is 7.37. The highest BCUT2D eigenvalue weighted by atomic mass is 16.5. The average molecular weight is 576 g/mol. The summed E-state index contributed by atoms with van der Waals surface area (Å²) in [5.74, 6) is 1.93. The van der Waals surface area contributed by atoms with Gasteiger partial charge in [0.05, 0.1) is 18.4 Å². The Hall–Kier alpha value is -4.19. The number of nitrogens with one attached hydrogen (secondary N) is 2. The van der Waals surface area contributed by atoms with Crippen molar-refractivity contribution in [2.75, 3.05) is 63.8 Å². The van der Waals surface area contributed by atoms with Crippen LogP contribution >= 0.6 is 0 Å². The summed E-state index contributed by atoms with van der Waals surface area (Å²) in [4.78, 5) is 33.5. The number of aliphatic hydroxyl groups excluding tert-OH is 1. The van der Waals surface area contributed by atoms with E-state index in [-0.39, 0.29) is 18.0 Å². The lowest BCUT2D eigenvalue weighted by molar-refractivity contribution is 0.0741. The van der Waals surface area contributed by atoms with Crippen LogP contribution in [0.15, 0.2) is 54.7 Å². The maximum atomic E-state index is 13.0. The summed E-state index contributed by atoms with van der Waals surface area (Å²) >= 11 is 0. The monoisotopic (exact) mass is 575 g/mol. The molecule has 2 aliphatic rings. The second-order valence-corrected chi connectivity index (χ2v) is 10.5. The quantitative estimate of drug-likeness (QED) is 0.296. The van der Waals surface area contributed by atoms with Gasteiger partial charge in [0.25, 0.3) is 5.91 Å². The van der Waals surface area contributed by atoms with Crippen LogP contribution in [0.1, 0.15) is 34.3 Å². The number of carbonyl (C=O) groups is 2. The molecule has 3 heterocycles. The highest BCUT2D eigenvalue weighted by molar-refractivity contribution is 6.03. The Kier molecular flexibility index (Phi) is 9.21. The van der Waals surface area contributed by atoms with E-state index >= 15 is 0 Å². The van der Waals surface area contributed by atoms with Gasteiger partial charge in [-0.3, -0.25) is 14.6 Å². The van der Waals surface area contributed by atoms with Crippen molar-refractivity contribution in [2.24, 2.45) is 0 Å². The van der Waals surface area contributed by atoms with Crippen molar-refractivity contribution in [1.82, 2.24) is 15.2 Å². The molecule has 11 heteroatoms. The lowest BCUT2D eigenvalue weighted by atomic mass is 9.90. The summed E-state index contributed by atoms with van der Waals surface area (Å²) in [6.07, 6.45) is 1.92. The van der Waals surface area contributed by atoms with Gasteiger partial charge >= 0.3 is 6.03 Å². The first kappa shape index (κ1) is 29.3. The molecule has 0 spiro atoms. The maximum absolute atomic E-state index is 13.0. The van der Waals surface area contributed by atoms with Gasteiger partial charge in [0, 0.05) is 70.1 Å². The average Bonchev–Trinajstić information content (AvgIpc) is 3.37. The van der Waals surface area contributed by atoms with E-state index < -0.39 is 0 Å². The van der Waals surface area contributed by atoms with E-state index in [1.54, 1.807) is 44.3 Å². The van der Waals surface area contributed by atoms with Crippen LogP contribution < -0.4 is 25.0 Å². The standard InChI is InChI=1S/C31H37N5O6/c1-20(37)17-35-18-24(19-35)21-4-6-22(7-5-21)30(38)34-29-15-25(8-10-33-29)42-28-14-23-9-11-36(31(39)32-2)26(23)16-27(28)41-13-12-40-3/h4-8,10,14-16,20,24,37H,9,11-13,17-19H2,1-3H3,(H,32,39)(H,33,34,38). The number of anilines is 2. The van der Waals surface area contributed by atoms with E-state index in [4.69, 9.17) is 14.2 Å². The van der Waals surface area contributed by atoms with Gasteiger partial charge in [0.15, 0.2) is 11.5 Å². The van der Waals surface area contributed by atoms with E-state index in [2.05, 4.69) is 20.5 Å². The molecule has 1 saturated heterocycles. The molecule has 0 aliphatic carbocycles. The van der Waals surface area contributed by atoms with Crippen LogP contribution in [-0.4, -0.2) is 86.6 Å². The van der Waals surface area contributed by atoms with Crippen molar-refractivity contribution < 1.29 is 28.9 Å². The summed E-state index contributed by atoms with van der Waals surface area (Å²) < 4.78 is 17.3. The minimum atomic E-state index is -0.333. The molecule has 0 saturated carbocycles. The highest BCUT2D eigenvalue weighted by Crippen LogP contribution is 2.41. The number of likely N-dealkylation sites (tertiary alicyclic amines) is 1. The van der Waals surface area contributed by atoms with Gasteiger partial charge in [0.1, 0.15) is 18.2 Å². The number of amides is 3. The second kappa shape index (κ2) is 13.2. The number of methoxy groups -OCH3 is 1. The van der Waals surface area contributed by atoms with Crippen LogP contribution in [0.2, 0.25) is 0 Å². The number of ether oxygens (including phenoxy) is 3. The van der Waals surface area contributed by atoms with E-state index in [0.717, 1.165) is 24.3 Å². The van der Waals surface area contributed by atoms with Crippen LogP contribution in [-0.2, 0) is 11.2 Å². The van der Waals surface area contributed by atoms with Crippen LogP contribution in [0, 0.1) is 0 Å². The van der Waals surface area contributed by atoms with Gasteiger partial charge in [-0.15, -0.1) is 0 Å². The largest absolute Gasteiger partial charge is 0.487 e. The minimum Gasteiger partial charge on any atom is -0.487 e. The minimum absolute atomic E-state index is 0.184. The zero-order valence-electron chi connectivity index (χ0n) is 24.1. The molecule has 0 bridgehead atoms. The molecule has 1 atom stereocenters. The zero-order valence-corrected chi connectivity index (χ0v) is 24.1. The number of rotatable bonds is 11.